The number of aliphatic hydroxyl groups is 1. The molecular weight excluding hydrogens is 336 g/mol. The molecule has 0 saturated heterocycles. The highest BCUT2D eigenvalue weighted by molar-refractivity contribution is 7.80. The van der Waals surface area contributed by atoms with Crippen LogP contribution in [0.4, 0.5) is 0 Å². The minimum atomic E-state index is -0.609. The van der Waals surface area contributed by atoms with Crippen LogP contribution < -0.4 is 10.6 Å². The molecule has 0 aromatic rings. The van der Waals surface area contributed by atoms with E-state index in [-0.39, 0.29) is 23.1 Å². The Bertz CT molecular complexity index is 397. The van der Waals surface area contributed by atoms with E-state index in [9.17, 15) is 14.7 Å². The summed E-state index contributed by atoms with van der Waals surface area (Å²) in [5.74, 6) is -0.312. The van der Waals surface area contributed by atoms with Gasteiger partial charge in [0.15, 0.2) is 0 Å². The fraction of sp³-hybridized carbons (Fsp3) is 0.895. The lowest BCUT2D eigenvalue weighted by Gasteiger charge is -2.31. The molecule has 0 rings (SSSR count). The number of carbonyl (C=O) groups is 2. The summed E-state index contributed by atoms with van der Waals surface area (Å²) in [5, 5.41) is 15.5. The SMILES string of the molecule is CCCCCCC[C@H](C[C@@H](O)CS)C(=O)N[C@H](C(=O)NC)C(C)(C)C. The van der Waals surface area contributed by atoms with Gasteiger partial charge in [-0.3, -0.25) is 9.59 Å². The van der Waals surface area contributed by atoms with Crippen LogP contribution in [0.3, 0.4) is 0 Å². The average molecular weight is 375 g/mol. The summed E-state index contributed by atoms with van der Waals surface area (Å²) < 4.78 is 0. The van der Waals surface area contributed by atoms with Crippen LogP contribution in [-0.4, -0.2) is 41.9 Å². The molecule has 0 aromatic carbocycles. The Morgan fingerprint density at radius 1 is 1.08 bits per heavy atom. The summed E-state index contributed by atoms with van der Waals surface area (Å²) in [4.78, 5) is 24.9. The van der Waals surface area contributed by atoms with Crippen LogP contribution >= 0.6 is 12.6 Å². The Balaban J connectivity index is 4.89. The summed E-state index contributed by atoms with van der Waals surface area (Å²) >= 11 is 4.11. The molecule has 0 aromatic heterocycles. The van der Waals surface area contributed by atoms with E-state index in [0.29, 0.717) is 12.2 Å². The van der Waals surface area contributed by atoms with Crippen LogP contribution in [0.5, 0.6) is 0 Å². The number of likely N-dealkylation sites (N-methyl/N-ethyl adjacent to an activating group) is 1. The molecule has 0 radical (unpaired) electrons. The fourth-order valence-electron chi connectivity index (χ4n) is 2.83. The van der Waals surface area contributed by atoms with Gasteiger partial charge in [-0.15, -0.1) is 0 Å². The molecule has 0 bridgehead atoms. The van der Waals surface area contributed by atoms with Crippen LogP contribution in [0.2, 0.25) is 0 Å². The maximum atomic E-state index is 12.8. The van der Waals surface area contributed by atoms with Gasteiger partial charge in [0, 0.05) is 18.7 Å². The second kappa shape index (κ2) is 12.6. The third-order valence-corrected chi connectivity index (χ3v) is 4.88. The summed E-state index contributed by atoms with van der Waals surface area (Å²) in [6.45, 7) is 7.95. The van der Waals surface area contributed by atoms with Crippen molar-refractivity contribution in [3.05, 3.63) is 0 Å². The molecule has 5 nitrogen and oxygen atoms in total. The summed E-state index contributed by atoms with van der Waals surface area (Å²) in [6.07, 6.45) is 6.11. The zero-order chi connectivity index (χ0) is 19.5. The second-order valence-electron chi connectivity index (χ2n) is 7.89. The molecule has 0 unspecified atom stereocenters. The number of nitrogens with one attached hydrogen (secondary N) is 2. The Hall–Kier alpha value is -0.750. The largest absolute Gasteiger partial charge is 0.392 e. The average Bonchev–Trinajstić information content (AvgIpc) is 2.56. The van der Waals surface area contributed by atoms with Crippen LogP contribution in [-0.2, 0) is 9.59 Å². The highest BCUT2D eigenvalue weighted by atomic mass is 32.1. The van der Waals surface area contributed by atoms with Crippen molar-refractivity contribution < 1.29 is 14.7 Å². The van der Waals surface area contributed by atoms with E-state index in [1.165, 1.54) is 19.3 Å². The molecule has 148 valence electrons. The smallest absolute Gasteiger partial charge is 0.242 e. The van der Waals surface area contributed by atoms with Crippen molar-refractivity contribution >= 4 is 24.4 Å². The molecule has 25 heavy (non-hydrogen) atoms. The highest BCUT2D eigenvalue weighted by Gasteiger charge is 2.34. The first kappa shape index (κ1) is 24.2. The summed E-state index contributed by atoms with van der Waals surface area (Å²) in [6, 6.07) is -0.597. The predicted octanol–water partition coefficient (Wildman–Crippen LogP) is 2.92. The van der Waals surface area contributed by atoms with Crippen molar-refractivity contribution in [2.24, 2.45) is 11.3 Å². The van der Waals surface area contributed by atoms with Gasteiger partial charge < -0.3 is 15.7 Å². The zero-order valence-electron chi connectivity index (χ0n) is 16.6. The zero-order valence-corrected chi connectivity index (χ0v) is 17.5. The van der Waals surface area contributed by atoms with Gasteiger partial charge in [-0.05, 0) is 18.3 Å². The number of hydrogen-bond donors (Lipinski definition) is 4. The lowest BCUT2D eigenvalue weighted by Crippen LogP contribution is -2.54. The van der Waals surface area contributed by atoms with Gasteiger partial charge in [0.25, 0.3) is 0 Å². The van der Waals surface area contributed by atoms with Crippen molar-refractivity contribution in [3.8, 4) is 0 Å². The van der Waals surface area contributed by atoms with Crippen molar-refractivity contribution in [1.29, 1.82) is 0 Å². The van der Waals surface area contributed by atoms with Gasteiger partial charge in [0.05, 0.1) is 6.10 Å². The molecule has 6 heteroatoms. The normalized spacial score (nSPS) is 15.3. The number of amides is 2. The van der Waals surface area contributed by atoms with Crippen LogP contribution in [0.25, 0.3) is 0 Å². The minimum Gasteiger partial charge on any atom is -0.392 e. The van der Waals surface area contributed by atoms with Crippen LogP contribution in [0.15, 0.2) is 0 Å². The van der Waals surface area contributed by atoms with E-state index < -0.39 is 12.1 Å². The first-order valence-electron chi connectivity index (χ1n) is 9.48. The lowest BCUT2D eigenvalue weighted by atomic mass is 9.85. The molecule has 3 N–H and O–H groups in total. The van der Waals surface area contributed by atoms with Gasteiger partial charge in [0.1, 0.15) is 6.04 Å². The maximum Gasteiger partial charge on any atom is 0.242 e. The predicted molar refractivity (Wildman–Crippen MR) is 107 cm³/mol. The molecule has 0 aliphatic rings. The third kappa shape index (κ3) is 10.1. The first-order chi connectivity index (χ1) is 11.7. The van der Waals surface area contributed by atoms with Crippen LogP contribution in [0.1, 0.15) is 72.6 Å². The number of aliphatic hydroxyl groups excluding tert-OH is 1. The quantitative estimate of drug-likeness (QED) is 0.313. The van der Waals surface area contributed by atoms with Gasteiger partial charge in [-0.2, -0.15) is 12.6 Å². The summed E-state index contributed by atoms with van der Waals surface area (Å²) in [7, 11) is 1.57. The van der Waals surface area contributed by atoms with Gasteiger partial charge in [0.2, 0.25) is 11.8 Å². The van der Waals surface area contributed by atoms with Gasteiger partial charge in [-0.1, -0.05) is 59.8 Å². The van der Waals surface area contributed by atoms with Gasteiger partial charge in [-0.25, -0.2) is 0 Å². The first-order valence-corrected chi connectivity index (χ1v) is 10.1. The molecular formula is C19H38N2O3S. The van der Waals surface area contributed by atoms with Crippen molar-refractivity contribution in [3.63, 3.8) is 0 Å². The molecule has 0 spiro atoms. The van der Waals surface area contributed by atoms with E-state index in [1.807, 2.05) is 20.8 Å². The van der Waals surface area contributed by atoms with Crippen molar-refractivity contribution in [2.45, 2.75) is 84.8 Å². The summed E-state index contributed by atoms with van der Waals surface area (Å²) in [5.41, 5.74) is -0.385. The standard InChI is InChI=1S/C19H38N2O3S/c1-6-7-8-9-10-11-14(12-15(22)13-25)17(23)21-16(18(24)20-5)19(2,3)4/h14-16,22,25H,6-13H2,1-5H3,(H,20,24)(H,21,23)/t14-,15-,16-/m1/s1. The lowest BCUT2D eigenvalue weighted by molar-refractivity contribution is -0.134. The van der Waals surface area contributed by atoms with Crippen LogP contribution in [0, 0.1) is 11.3 Å². The number of carbonyl (C=O) groups excluding carboxylic acids is 2. The fourth-order valence-corrected chi connectivity index (χ4v) is 2.98. The van der Waals surface area contributed by atoms with E-state index in [1.54, 1.807) is 7.05 Å². The Morgan fingerprint density at radius 2 is 1.68 bits per heavy atom. The Morgan fingerprint density at radius 3 is 2.16 bits per heavy atom. The molecule has 0 saturated carbocycles. The minimum absolute atomic E-state index is 0.153. The monoisotopic (exact) mass is 374 g/mol. The molecule has 0 fully saturated rings. The Kier molecular flexibility index (Phi) is 12.2. The van der Waals surface area contributed by atoms with E-state index >= 15 is 0 Å². The molecule has 0 heterocycles. The molecule has 2 amide bonds. The second-order valence-corrected chi connectivity index (χ2v) is 8.26. The number of unbranched alkanes of at least 4 members (excludes halogenated alkanes) is 4. The Labute approximate surface area is 159 Å². The molecule has 3 atom stereocenters. The number of thiol groups is 1. The van der Waals surface area contributed by atoms with E-state index in [2.05, 4.69) is 30.2 Å². The van der Waals surface area contributed by atoms with Crippen molar-refractivity contribution in [1.82, 2.24) is 10.6 Å². The van der Waals surface area contributed by atoms with E-state index in [0.717, 1.165) is 19.3 Å². The number of hydrogen-bond acceptors (Lipinski definition) is 4. The molecule has 0 aliphatic heterocycles. The number of rotatable bonds is 12. The maximum absolute atomic E-state index is 12.8. The van der Waals surface area contributed by atoms with E-state index in [4.69, 9.17) is 0 Å². The third-order valence-electron chi connectivity index (χ3n) is 4.46. The highest BCUT2D eigenvalue weighted by Crippen LogP contribution is 2.22. The van der Waals surface area contributed by atoms with Crippen molar-refractivity contribution in [2.75, 3.05) is 12.8 Å². The van der Waals surface area contributed by atoms with Gasteiger partial charge >= 0.3 is 0 Å². The topological polar surface area (TPSA) is 78.4 Å². The molecule has 0 aliphatic carbocycles.